The van der Waals surface area contributed by atoms with Gasteiger partial charge in [-0.3, -0.25) is 0 Å². The van der Waals surface area contributed by atoms with Crippen LogP contribution in [0.2, 0.25) is 3.43 Å². The maximum atomic E-state index is 10.3. The number of hydrogen-bond donors (Lipinski definition) is 0. The topological polar surface area (TPSA) is 52.4 Å². The summed E-state index contributed by atoms with van der Waals surface area (Å²) in [6.07, 6.45) is 0. The second-order valence-electron chi connectivity index (χ2n) is 2.30. The van der Waals surface area contributed by atoms with Gasteiger partial charge in [-0.25, -0.2) is 0 Å². The summed E-state index contributed by atoms with van der Waals surface area (Å²) in [6, 6.07) is -0.487. The molecule has 1 rings (SSSR count). The number of ether oxygens (including phenoxy) is 1. The van der Waals surface area contributed by atoms with Crippen molar-refractivity contribution in [3.63, 3.8) is 0 Å². The van der Waals surface area contributed by atoms with Gasteiger partial charge in [-0.05, 0) is 0 Å². The first-order chi connectivity index (χ1) is 4.75. The van der Waals surface area contributed by atoms with Crippen molar-refractivity contribution in [2.24, 2.45) is 0 Å². The van der Waals surface area contributed by atoms with Crippen molar-refractivity contribution in [2.45, 2.75) is 9.47 Å². The van der Waals surface area contributed by atoms with Gasteiger partial charge in [0.15, 0.2) is 0 Å². The summed E-state index contributed by atoms with van der Waals surface area (Å²) in [5.74, 6) is 0. The number of rotatable bonds is 2. The molecule has 0 aromatic carbocycles. The third-order valence-electron chi connectivity index (χ3n) is 1.63. The van der Waals surface area contributed by atoms with Crippen LogP contribution in [0.4, 0.5) is 0 Å². The first kappa shape index (κ1) is 8.68. The van der Waals surface area contributed by atoms with Gasteiger partial charge in [0, 0.05) is 0 Å². The second-order valence-corrected chi connectivity index (χ2v) is 10.3. The van der Waals surface area contributed by atoms with Crippen LogP contribution < -0.4 is 0 Å². The molecule has 54 valence electrons. The Labute approximate surface area is 73.9 Å². The average molecular weight is 352 g/mol. The minimum absolute atomic E-state index is 0.122. The summed E-state index contributed by atoms with van der Waals surface area (Å²) in [7, 11) is 5.68. The normalized spacial score (nSPS) is 31.7. The monoisotopic (exact) mass is 353 g/mol. The van der Waals surface area contributed by atoms with Gasteiger partial charge in [0.05, 0.1) is 0 Å². The molecular formula is C4H6ClHgNO3. The predicted molar refractivity (Wildman–Crippen MR) is 31.2 cm³/mol. The van der Waals surface area contributed by atoms with E-state index in [-0.39, 0.29) is 15.0 Å². The Morgan fingerprint density at radius 2 is 2.40 bits per heavy atom. The van der Waals surface area contributed by atoms with Crippen molar-refractivity contribution in [3.05, 3.63) is 10.1 Å². The van der Waals surface area contributed by atoms with Gasteiger partial charge in [0.25, 0.3) is 0 Å². The van der Waals surface area contributed by atoms with Crippen LogP contribution in [0, 0.1) is 10.1 Å². The van der Waals surface area contributed by atoms with Gasteiger partial charge in [0.1, 0.15) is 0 Å². The predicted octanol–water partition coefficient (Wildman–Crippen LogP) is 0.687. The summed E-state index contributed by atoms with van der Waals surface area (Å²) in [5.41, 5.74) is 0. The maximum absolute atomic E-state index is 10.3. The Hall–Kier alpha value is 0.585. The van der Waals surface area contributed by atoms with Gasteiger partial charge >= 0.3 is 74.0 Å². The quantitative estimate of drug-likeness (QED) is 0.417. The van der Waals surface area contributed by atoms with E-state index in [0.717, 1.165) is 0 Å². The number of halogens is 1. The van der Waals surface area contributed by atoms with E-state index in [1.807, 2.05) is 0 Å². The van der Waals surface area contributed by atoms with Crippen LogP contribution in [0.3, 0.4) is 0 Å². The molecule has 4 nitrogen and oxygen atoms in total. The number of nitrogens with zero attached hydrogens (tertiary/aromatic N) is 1. The Balaban J connectivity index is 2.50. The van der Waals surface area contributed by atoms with E-state index in [0.29, 0.717) is 6.61 Å². The Bertz CT molecular complexity index is 144. The van der Waals surface area contributed by atoms with Crippen LogP contribution in [-0.2, 0) is 28.1 Å². The van der Waals surface area contributed by atoms with E-state index in [1.165, 1.54) is 0 Å². The van der Waals surface area contributed by atoms with Crippen LogP contribution in [0.1, 0.15) is 0 Å². The fourth-order valence-electron chi connectivity index (χ4n) is 0.968. The fourth-order valence-corrected chi connectivity index (χ4v) is 6.55. The molecule has 0 spiro atoms. The van der Waals surface area contributed by atoms with Crippen LogP contribution in [-0.4, -0.2) is 24.2 Å². The molecule has 0 N–H and O–H groups in total. The molecule has 6 heteroatoms. The molecule has 1 fully saturated rings. The van der Waals surface area contributed by atoms with Gasteiger partial charge in [-0.2, -0.15) is 0 Å². The fraction of sp³-hybridized carbons (Fsp3) is 1.00. The molecular weight excluding hydrogens is 346 g/mol. The zero-order chi connectivity index (χ0) is 7.56. The SMILES string of the molecule is O=[N+]([O-])[C@@H]1COC[C@H]1[Hg][Cl]. The summed E-state index contributed by atoms with van der Waals surface area (Å²) >= 11 is -1.46. The zero-order valence-corrected chi connectivity index (χ0v) is 11.6. The number of hydrogen-bond acceptors (Lipinski definition) is 3. The third-order valence-corrected chi connectivity index (χ3v) is 9.68. The molecule has 0 saturated carbocycles. The van der Waals surface area contributed by atoms with Gasteiger partial charge in [0.2, 0.25) is 0 Å². The van der Waals surface area contributed by atoms with Crippen molar-refractivity contribution in [3.8, 4) is 0 Å². The second kappa shape index (κ2) is 3.83. The number of nitro groups is 1. The van der Waals surface area contributed by atoms with Crippen molar-refractivity contribution in [1.82, 2.24) is 0 Å². The minimum atomic E-state index is -1.46. The first-order valence-corrected chi connectivity index (χ1v) is 13.0. The summed E-state index contributed by atoms with van der Waals surface area (Å²) in [4.78, 5) is 10.0. The van der Waals surface area contributed by atoms with Crippen LogP contribution in [0.15, 0.2) is 0 Å². The van der Waals surface area contributed by atoms with Crippen molar-refractivity contribution in [2.75, 3.05) is 13.2 Å². The molecule has 1 aliphatic heterocycles. The van der Waals surface area contributed by atoms with E-state index in [2.05, 4.69) is 0 Å². The molecule has 0 aliphatic carbocycles. The molecule has 0 bridgehead atoms. The van der Waals surface area contributed by atoms with E-state index < -0.39 is 29.4 Å². The summed E-state index contributed by atoms with van der Waals surface area (Å²) < 4.78 is 5.07. The van der Waals surface area contributed by atoms with Gasteiger partial charge in [-0.1, -0.05) is 0 Å². The molecule has 10 heavy (non-hydrogen) atoms. The molecule has 2 atom stereocenters. The Morgan fingerprint density at radius 3 is 2.80 bits per heavy atom. The van der Waals surface area contributed by atoms with Crippen LogP contribution in [0.25, 0.3) is 0 Å². The van der Waals surface area contributed by atoms with Crippen molar-refractivity contribution < 1.29 is 33.0 Å². The molecule has 1 heterocycles. The molecule has 0 amide bonds. The molecule has 0 radical (unpaired) electrons. The first-order valence-electron chi connectivity index (χ1n) is 3.03. The van der Waals surface area contributed by atoms with Crippen LogP contribution in [0.5, 0.6) is 0 Å². The third kappa shape index (κ3) is 1.80. The standard InChI is InChI=1S/C4H6NO3.ClH.Hg/c6-5(7)4-1-2-8-3-4;;/h1,4H,2-3H2;1H;/q;;+1/p-1/t4-;;/m0../s1. The average Bonchev–Trinajstić information content (AvgIpc) is 2.33. The zero-order valence-electron chi connectivity index (χ0n) is 5.33. The molecule has 1 saturated heterocycles. The Kier molecular flexibility index (Phi) is 3.32. The summed E-state index contributed by atoms with van der Waals surface area (Å²) in [5, 5.41) is 10.3. The van der Waals surface area contributed by atoms with E-state index in [4.69, 9.17) is 13.0 Å². The molecule has 0 aromatic heterocycles. The van der Waals surface area contributed by atoms with Gasteiger partial charge in [-0.15, -0.1) is 0 Å². The van der Waals surface area contributed by atoms with E-state index in [1.54, 1.807) is 0 Å². The molecule has 0 aromatic rings. The van der Waals surface area contributed by atoms with Crippen molar-refractivity contribution >= 4 is 8.25 Å². The summed E-state index contributed by atoms with van der Waals surface area (Å²) in [6.45, 7) is 0.793. The van der Waals surface area contributed by atoms with Gasteiger partial charge < -0.3 is 0 Å². The van der Waals surface area contributed by atoms with E-state index >= 15 is 0 Å². The van der Waals surface area contributed by atoms with Crippen LogP contribution >= 0.6 is 8.25 Å². The van der Waals surface area contributed by atoms with E-state index in [9.17, 15) is 10.1 Å². The Morgan fingerprint density at radius 1 is 1.70 bits per heavy atom. The molecule has 0 unspecified atom stereocenters. The molecule has 1 aliphatic rings. The van der Waals surface area contributed by atoms with Crippen molar-refractivity contribution in [1.29, 1.82) is 0 Å².